The minimum atomic E-state index is -1.53. The van der Waals surface area contributed by atoms with Gasteiger partial charge < -0.3 is 15.0 Å². The zero-order valence-electron chi connectivity index (χ0n) is 15.9. The number of carbonyl (C=O) groups is 1. The van der Waals surface area contributed by atoms with Crippen LogP contribution < -0.4 is 10.3 Å². The van der Waals surface area contributed by atoms with Gasteiger partial charge in [-0.15, -0.1) is 0 Å². The molecule has 0 bridgehead atoms. The number of hydrogen-bond donors (Lipinski definition) is 1. The maximum Gasteiger partial charge on any atom is 0.249 e. The summed E-state index contributed by atoms with van der Waals surface area (Å²) in [5.74, 6) is -0.380. The van der Waals surface area contributed by atoms with Gasteiger partial charge >= 0.3 is 0 Å². The van der Waals surface area contributed by atoms with Crippen molar-refractivity contribution in [2.75, 3.05) is 11.5 Å². The Balaban J connectivity index is 0.00000218. The van der Waals surface area contributed by atoms with Gasteiger partial charge in [0, 0.05) is 5.69 Å². The van der Waals surface area contributed by atoms with Crippen LogP contribution in [-0.4, -0.2) is 23.1 Å². The summed E-state index contributed by atoms with van der Waals surface area (Å²) in [6, 6.07) is 23.3. The van der Waals surface area contributed by atoms with Crippen LogP contribution in [0.2, 0.25) is 0 Å². The zero-order chi connectivity index (χ0) is 20.0. The highest BCUT2D eigenvalue weighted by atomic mass is 16.3. The number of aliphatic hydroxyl groups is 1. The van der Waals surface area contributed by atoms with Gasteiger partial charge in [0.2, 0.25) is 5.91 Å². The van der Waals surface area contributed by atoms with Crippen LogP contribution in [0.5, 0.6) is 0 Å². The number of anilines is 2. The number of fused-ring (bicyclic) bond motifs is 2. The molecule has 0 saturated carbocycles. The minimum Gasteiger partial charge on any atom is -0.464 e. The lowest BCUT2D eigenvalue weighted by Crippen LogP contribution is -2.45. The van der Waals surface area contributed by atoms with Gasteiger partial charge in [0.25, 0.3) is 0 Å². The molecule has 0 saturated heterocycles. The molecule has 2 heterocycles. The third-order valence-electron chi connectivity index (χ3n) is 5.56. The summed E-state index contributed by atoms with van der Waals surface area (Å²) >= 11 is 0. The Bertz CT molecular complexity index is 1300. The van der Waals surface area contributed by atoms with Crippen LogP contribution >= 0.6 is 0 Å². The number of carbonyl (C=O) groups excluding carboxylic acids is 1. The van der Waals surface area contributed by atoms with E-state index in [0.29, 0.717) is 27.9 Å². The third kappa shape index (κ3) is 2.51. The molecule has 30 heavy (non-hydrogen) atoms. The number of nitrogens with zero attached hydrogens (tertiary/aromatic N) is 1. The molecule has 1 atom stereocenters. The standard InChI is InChI=1S/C24H17NO4.H2O/c26-15-24(19-14-29-21-13-7-4-10-17(21)22(19)27)18-11-5-6-12-20(18)25(23(24)28)16-8-2-1-3-9-16;/h1-14,26H,15H2;1H2/t24-;/m0./s1. The van der Waals surface area contributed by atoms with E-state index in [4.69, 9.17) is 4.42 Å². The molecule has 1 amide bonds. The summed E-state index contributed by atoms with van der Waals surface area (Å²) in [7, 11) is 0. The Morgan fingerprint density at radius 3 is 2.27 bits per heavy atom. The number of aliphatic hydroxyl groups excluding tert-OH is 1. The fourth-order valence-corrected chi connectivity index (χ4v) is 4.15. The number of hydrogen-bond acceptors (Lipinski definition) is 4. The second-order valence-electron chi connectivity index (χ2n) is 7.03. The summed E-state index contributed by atoms with van der Waals surface area (Å²) in [6.07, 6.45) is 1.31. The number of benzene rings is 3. The van der Waals surface area contributed by atoms with Gasteiger partial charge in [0.1, 0.15) is 11.0 Å². The van der Waals surface area contributed by atoms with E-state index < -0.39 is 12.0 Å². The maximum atomic E-state index is 13.8. The van der Waals surface area contributed by atoms with Crippen molar-refractivity contribution in [1.29, 1.82) is 0 Å². The van der Waals surface area contributed by atoms with Gasteiger partial charge in [-0.25, -0.2) is 0 Å². The van der Waals surface area contributed by atoms with Crippen LogP contribution in [0.1, 0.15) is 11.1 Å². The Hall–Kier alpha value is -3.74. The fraction of sp³-hybridized carbons (Fsp3) is 0.0833. The highest BCUT2D eigenvalue weighted by molar-refractivity contribution is 6.15. The van der Waals surface area contributed by atoms with Crippen LogP contribution in [0.4, 0.5) is 11.4 Å². The summed E-state index contributed by atoms with van der Waals surface area (Å²) in [4.78, 5) is 28.7. The molecule has 1 aromatic heterocycles. The predicted molar refractivity (Wildman–Crippen MR) is 114 cm³/mol. The van der Waals surface area contributed by atoms with Gasteiger partial charge in [0.15, 0.2) is 5.43 Å². The zero-order valence-corrected chi connectivity index (χ0v) is 15.9. The largest absolute Gasteiger partial charge is 0.464 e. The lowest BCUT2D eigenvalue weighted by atomic mass is 9.76. The number of para-hydroxylation sites is 3. The van der Waals surface area contributed by atoms with Crippen molar-refractivity contribution < 1.29 is 19.8 Å². The second-order valence-corrected chi connectivity index (χ2v) is 7.03. The van der Waals surface area contributed by atoms with Crippen molar-refractivity contribution in [2.45, 2.75) is 5.41 Å². The third-order valence-corrected chi connectivity index (χ3v) is 5.56. The molecule has 1 aliphatic rings. The molecule has 3 N–H and O–H groups in total. The van der Waals surface area contributed by atoms with E-state index in [9.17, 15) is 14.7 Å². The Morgan fingerprint density at radius 1 is 0.833 bits per heavy atom. The van der Waals surface area contributed by atoms with Gasteiger partial charge in [-0.2, -0.15) is 0 Å². The predicted octanol–water partition coefficient (Wildman–Crippen LogP) is 2.93. The molecule has 6 heteroatoms. The summed E-state index contributed by atoms with van der Waals surface area (Å²) in [6.45, 7) is -0.546. The van der Waals surface area contributed by atoms with Crippen LogP contribution in [0.15, 0.2) is 94.3 Å². The second kappa shape index (κ2) is 7.26. The Kier molecular flexibility index (Phi) is 4.73. The van der Waals surface area contributed by atoms with Crippen LogP contribution in [0.3, 0.4) is 0 Å². The van der Waals surface area contributed by atoms with Crippen LogP contribution in [-0.2, 0) is 10.2 Å². The molecule has 3 aromatic carbocycles. The smallest absolute Gasteiger partial charge is 0.249 e. The number of amides is 1. The van der Waals surface area contributed by atoms with Gasteiger partial charge in [0.05, 0.1) is 29.5 Å². The maximum absolute atomic E-state index is 13.8. The van der Waals surface area contributed by atoms with Crippen molar-refractivity contribution in [3.8, 4) is 0 Å². The first kappa shape index (κ1) is 19.6. The van der Waals surface area contributed by atoms with E-state index >= 15 is 0 Å². The highest BCUT2D eigenvalue weighted by Gasteiger charge is 2.54. The summed E-state index contributed by atoms with van der Waals surface area (Å²) in [5, 5.41) is 10.9. The molecule has 150 valence electrons. The van der Waals surface area contributed by atoms with E-state index in [1.54, 1.807) is 41.3 Å². The molecule has 0 aliphatic carbocycles. The Morgan fingerprint density at radius 2 is 1.50 bits per heavy atom. The monoisotopic (exact) mass is 401 g/mol. The van der Waals surface area contributed by atoms with Crippen molar-refractivity contribution in [2.24, 2.45) is 0 Å². The van der Waals surface area contributed by atoms with E-state index in [-0.39, 0.29) is 22.4 Å². The quantitative estimate of drug-likeness (QED) is 0.570. The van der Waals surface area contributed by atoms with Crippen molar-refractivity contribution in [1.82, 2.24) is 0 Å². The van der Waals surface area contributed by atoms with Crippen LogP contribution in [0.25, 0.3) is 11.0 Å². The molecule has 1 aliphatic heterocycles. The summed E-state index contributed by atoms with van der Waals surface area (Å²) in [5.41, 5.74) is 0.619. The SMILES string of the molecule is O.O=C1N(c2ccccc2)c2ccccc2[C@@]1(CO)c1coc2ccccc2c1=O. The molecule has 4 aromatic rings. The molecule has 0 fully saturated rings. The van der Waals surface area contributed by atoms with Crippen molar-refractivity contribution in [3.05, 3.63) is 106 Å². The topological polar surface area (TPSA) is 102 Å². The van der Waals surface area contributed by atoms with Crippen LogP contribution in [0, 0.1) is 0 Å². The van der Waals surface area contributed by atoms with Crippen molar-refractivity contribution in [3.63, 3.8) is 0 Å². The van der Waals surface area contributed by atoms with Gasteiger partial charge in [-0.1, -0.05) is 48.5 Å². The van der Waals surface area contributed by atoms with Gasteiger partial charge in [-0.3, -0.25) is 14.5 Å². The van der Waals surface area contributed by atoms with E-state index in [2.05, 4.69) is 0 Å². The van der Waals surface area contributed by atoms with Crippen molar-refractivity contribution >= 4 is 28.3 Å². The molecule has 0 spiro atoms. The Labute approximate surface area is 171 Å². The lowest BCUT2D eigenvalue weighted by Gasteiger charge is -2.26. The minimum absolute atomic E-state index is 0. The molecule has 0 unspecified atom stereocenters. The van der Waals surface area contributed by atoms with E-state index in [0.717, 1.165) is 0 Å². The van der Waals surface area contributed by atoms with E-state index in [1.807, 2.05) is 42.5 Å². The first-order valence-corrected chi connectivity index (χ1v) is 9.29. The molecule has 0 radical (unpaired) electrons. The first-order valence-electron chi connectivity index (χ1n) is 9.29. The molecule has 5 rings (SSSR count). The molecular formula is C24H19NO5. The normalized spacial score (nSPS) is 17.6. The summed E-state index contributed by atoms with van der Waals surface area (Å²) < 4.78 is 5.69. The molecular weight excluding hydrogens is 382 g/mol. The van der Waals surface area contributed by atoms with E-state index in [1.165, 1.54) is 6.26 Å². The first-order chi connectivity index (χ1) is 14.2. The average molecular weight is 401 g/mol. The van der Waals surface area contributed by atoms with Gasteiger partial charge in [-0.05, 0) is 35.9 Å². The lowest BCUT2D eigenvalue weighted by molar-refractivity contribution is -0.122. The molecule has 6 nitrogen and oxygen atoms in total. The fourth-order valence-electron chi connectivity index (χ4n) is 4.15. The average Bonchev–Trinajstić information content (AvgIpc) is 3.03. The highest BCUT2D eigenvalue weighted by Crippen LogP contribution is 2.48. The number of rotatable bonds is 3.